The van der Waals surface area contributed by atoms with Crippen LogP contribution in [0.3, 0.4) is 0 Å². The van der Waals surface area contributed by atoms with Crippen molar-refractivity contribution >= 4 is 21.7 Å². The minimum Gasteiger partial charge on any atom is -0.379 e. The summed E-state index contributed by atoms with van der Waals surface area (Å²) in [4.78, 5) is 0.0862. The van der Waals surface area contributed by atoms with Crippen LogP contribution >= 0.6 is 11.6 Å². The lowest BCUT2D eigenvalue weighted by Crippen LogP contribution is -2.11. The van der Waals surface area contributed by atoms with Crippen LogP contribution in [0.1, 0.15) is 30.9 Å². The van der Waals surface area contributed by atoms with Gasteiger partial charge in [0.25, 0.3) is 0 Å². The van der Waals surface area contributed by atoms with Crippen LogP contribution in [-0.4, -0.2) is 8.42 Å². The second-order valence-electron chi connectivity index (χ2n) is 5.19. The summed E-state index contributed by atoms with van der Waals surface area (Å²) in [6.45, 7) is 5.88. The van der Waals surface area contributed by atoms with E-state index >= 15 is 0 Å². The molecule has 0 radical (unpaired) electrons. The molecule has 0 aliphatic rings. The molecule has 0 bridgehead atoms. The van der Waals surface area contributed by atoms with Crippen molar-refractivity contribution in [3.8, 4) is 5.75 Å². The van der Waals surface area contributed by atoms with Gasteiger partial charge in [0.05, 0.1) is 0 Å². The molecule has 0 N–H and O–H groups in total. The molecule has 0 atom stereocenters. The molecule has 2 rings (SSSR count). The summed E-state index contributed by atoms with van der Waals surface area (Å²) in [5.41, 5.74) is 1.80. The molecule has 0 fully saturated rings. The van der Waals surface area contributed by atoms with Crippen molar-refractivity contribution in [1.82, 2.24) is 0 Å². The first-order valence-corrected chi connectivity index (χ1v) is 8.39. The van der Waals surface area contributed by atoms with Gasteiger partial charge in [0, 0.05) is 5.02 Å². The van der Waals surface area contributed by atoms with Crippen molar-refractivity contribution < 1.29 is 12.6 Å². The van der Waals surface area contributed by atoms with Crippen molar-refractivity contribution in [2.75, 3.05) is 0 Å². The fraction of sp³-hybridized carbons (Fsp3) is 0.250. The number of rotatable bonds is 4. The van der Waals surface area contributed by atoms with Crippen LogP contribution in [0.15, 0.2) is 47.4 Å². The first kappa shape index (κ1) is 15.9. The monoisotopic (exact) mass is 324 g/mol. The molecule has 0 saturated carbocycles. The third-order valence-electron chi connectivity index (χ3n) is 3.09. The maximum atomic E-state index is 12.3. The Morgan fingerprint density at radius 3 is 2.24 bits per heavy atom. The van der Waals surface area contributed by atoms with Crippen LogP contribution in [-0.2, 0) is 10.1 Å². The highest BCUT2D eigenvalue weighted by Gasteiger charge is 2.19. The maximum Gasteiger partial charge on any atom is 0.339 e. The maximum absolute atomic E-state index is 12.3. The SMILES string of the molecule is Cc1ccc(C(C)C)c(OS(=O)(=O)c2ccc(Cl)cc2)c1. The van der Waals surface area contributed by atoms with Gasteiger partial charge in [0.1, 0.15) is 10.6 Å². The molecule has 112 valence electrons. The summed E-state index contributed by atoms with van der Waals surface area (Å²) < 4.78 is 30.0. The molecule has 0 unspecified atom stereocenters. The second kappa shape index (κ2) is 6.08. The fourth-order valence-corrected chi connectivity index (χ4v) is 3.03. The molecule has 0 aromatic heterocycles. The van der Waals surface area contributed by atoms with Crippen LogP contribution in [0.25, 0.3) is 0 Å². The number of hydrogen-bond acceptors (Lipinski definition) is 3. The van der Waals surface area contributed by atoms with Crippen LogP contribution in [0.4, 0.5) is 0 Å². The summed E-state index contributed by atoms with van der Waals surface area (Å²) in [6.07, 6.45) is 0. The van der Waals surface area contributed by atoms with E-state index < -0.39 is 10.1 Å². The highest BCUT2D eigenvalue weighted by Crippen LogP contribution is 2.30. The molecular weight excluding hydrogens is 308 g/mol. The van der Waals surface area contributed by atoms with Crippen molar-refractivity contribution in [2.24, 2.45) is 0 Å². The zero-order chi connectivity index (χ0) is 15.6. The van der Waals surface area contributed by atoms with Gasteiger partial charge in [-0.3, -0.25) is 0 Å². The van der Waals surface area contributed by atoms with Crippen molar-refractivity contribution in [3.63, 3.8) is 0 Å². The van der Waals surface area contributed by atoms with E-state index in [0.29, 0.717) is 10.8 Å². The predicted molar refractivity (Wildman–Crippen MR) is 84.5 cm³/mol. The van der Waals surface area contributed by atoms with E-state index in [2.05, 4.69) is 0 Å². The number of halogens is 1. The molecule has 21 heavy (non-hydrogen) atoms. The van der Waals surface area contributed by atoms with Gasteiger partial charge in [-0.25, -0.2) is 0 Å². The van der Waals surface area contributed by atoms with Crippen molar-refractivity contribution in [1.29, 1.82) is 0 Å². The van der Waals surface area contributed by atoms with Crippen molar-refractivity contribution in [3.05, 3.63) is 58.6 Å². The van der Waals surface area contributed by atoms with E-state index in [0.717, 1.165) is 11.1 Å². The predicted octanol–water partition coefficient (Wildman–Crippen LogP) is 4.54. The average molecular weight is 325 g/mol. The number of hydrogen-bond donors (Lipinski definition) is 0. The molecule has 5 heteroatoms. The second-order valence-corrected chi connectivity index (χ2v) is 7.17. The van der Waals surface area contributed by atoms with Gasteiger partial charge in [-0.05, 0) is 54.3 Å². The summed E-state index contributed by atoms with van der Waals surface area (Å²) in [7, 11) is -3.86. The van der Waals surface area contributed by atoms with Gasteiger partial charge < -0.3 is 4.18 Å². The molecule has 0 aliphatic carbocycles. The smallest absolute Gasteiger partial charge is 0.339 e. The molecule has 0 spiro atoms. The Morgan fingerprint density at radius 1 is 1.05 bits per heavy atom. The van der Waals surface area contributed by atoms with Gasteiger partial charge >= 0.3 is 10.1 Å². The van der Waals surface area contributed by atoms with Crippen molar-refractivity contribution in [2.45, 2.75) is 31.6 Å². The number of aryl methyl sites for hydroxylation is 1. The lowest BCUT2D eigenvalue weighted by atomic mass is 10.0. The molecule has 0 amide bonds. The minimum absolute atomic E-state index is 0.0862. The minimum atomic E-state index is -3.86. The van der Waals surface area contributed by atoms with E-state index in [1.807, 2.05) is 32.9 Å². The lowest BCUT2D eigenvalue weighted by Gasteiger charge is -2.14. The lowest BCUT2D eigenvalue weighted by molar-refractivity contribution is 0.481. The van der Waals surface area contributed by atoms with E-state index in [-0.39, 0.29) is 10.8 Å². The molecule has 0 heterocycles. The Bertz CT molecular complexity index is 735. The summed E-state index contributed by atoms with van der Waals surface area (Å²) in [5, 5.41) is 0.479. The van der Waals surface area contributed by atoms with Gasteiger partial charge in [0.15, 0.2) is 0 Å². The first-order chi connectivity index (χ1) is 9.79. The van der Waals surface area contributed by atoms with Gasteiger partial charge in [-0.2, -0.15) is 8.42 Å². The summed E-state index contributed by atoms with van der Waals surface area (Å²) in [6, 6.07) is 11.5. The summed E-state index contributed by atoms with van der Waals surface area (Å²) in [5.74, 6) is 0.543. The van der Waals surface area contributed by atoms with Gasteiger partial charge in [-0.15, -0.1) is 0 Å². The molecule has 0 saturated heterocycles. The Morgan fingerprint density at radius 2 is 1.67 bits per heavy atom. The Labute approximate surface area is 130 Å². The third-order valence-corrected chi connectivity index (χ3v) is 4.59. The third kappa shape index (κ3) is 3.77. The molecule has 0 aliphatic heterocycles. The summed E-state index contributed by atoms with van der Waals surface area (Å²) >= 11 is 5.77. The van der Waals surface area contributed by atoms with E-state index in [9.17, 15) is 8.42 Å². The van der Waals surface area contributed by atoms with Gasteiger partial charge in [0.2, 0.25) is 0 Å². The molecule has 3 nitrogen and oxygen atoms in total. The quantitative estimate of drug-likeness (QED) is 0.775. The Hall–Kier alpha value is -1.52. The average Bonchev–Trinajstić information content (AvgIpc) is 2.38. The highest BCUT2D eigenvalue weighted by molar-refractivity contribution is 7.87. The highest BCUT2D eigenvalue weighted by atomic mass is 35.5. The molecule has 2 aromatic carbocycles. The van der Waals surface area contributed by atoms with Gasteiger partial charge in [-0.1, -0.05) is 37.6 Å². The largest absolute Gasteiger partial charge is 0.379 e. The van der Waals surface area contributed by atoms with E-state index in [4.69, 9.17) is 15.8 Å². The van der Waals surface area contributed by atoms with Crippen LogP contribution in [0.2, 0.25) is 5.02 Å². The van der Waals surface area contributed by atoms with Crippen LogP contribution < -0.4 is 4.18 Å². The zero-order valence-corrected chi connectivity index (χ0v) is 13.7. The van der Waals surface area contributed by atoms with E-state index in [1.165, 1.54) is 24.3 Å². The fourth-order valence-electron chi connectivity index (χ4n) is 1.96. The molecular formula is C16H17ClO3S. The standard InChI is InChI=1S/C16H17ClO3S/c1-11(2)15-9-4-12(3)10-16(15)20-21(18,19)14-7-5-13(17)6-8-14/h4-11H,1-3H3. The topological polar surface area (TPSA) is 43.4 Å². The normalized spacial score (nSPS) is 11.7. The first-order valence-electron chi connectivity index (χ1n) is 6.60. The molecule has 2 aromatic rings. The zero-order valence-electron chi connectivity index (χ0n) is 12.1. The van der Waals surface area contributed by atoms with Crippen LogP contribution in [0, 0.1) is 6.92 Å². The Balaban J connectivity index is 2.41. The van der Waals surface area contributed by atoms with Crippen LogP contribution in [0.5, 0.6) is 5.75 Å². The number of benzene rings is 2. The van der Waals surface area contributed by atoms with E-state index in [1.54, 1.807) is 6.07 Å². The Kier molecular flexibility index (Phi) is 4.59.